The Morgan fingerprint density at radius 3 is 2.54 bits per heavy atom. The molecule has 144 valence electrons. The molecule has 0 radical (unpaired) electrons. The van der Waals surface area contributed by atoms with Gasteiger partial charge in [-0.2, -0.15) is 0 Å². The van der Waals surface area contributed by atoms with Gasteiger partial charge in [0.25, 0.3) is 0 Å². The molecule has 0 aromatic heterocycles. The van der Waals surface area contributed by atoms with Gasteiger partial charge in [-0.25, -0.2) is 0 Å². The summed E-state index contributed by atoms with van der Waals surface area (Å²) in [5.74, 6) is -2.13. The molecule has 2 aromatic rings. The van der Waals surface area contributed by atoms with Crippen molar-refractivity contribution in [1.29, 1.82) is 0 Å². The highest BCUT2D eigenvalue weighted by molar-refractivity contribution is 9.10. The van der Waals surface area contributed by atoms with Crippen molar-refractivity contribution in [2.75, 3.05) is 6.61 Å². The maximum atomic E-state index is 13.5. The van der Waals surface area contributed by atoms with E-state index in [4.69, 9.17) is 21.1 Å². The molecule has 28 heavy (non-hydrogen) atoms. The molecule has 3 atom stereocenters. The van der Waals surface area contributed by atoms with Crippen molar-refractivity contribution in [2.45, 2.75) is 19.8 Å². The van der Waals surface area contributed by atoms with Crippen molar-refractivity contribution in [2.24, 2.45) is 10.8 Å². The van der Waals surface area contributed by atoms with E-state index in [0.29, 0.717) is 21.9 Å². The van der Waals surface area contributed by atoms with Crippen molar-refractivity contribution >= 4 is 45.3 Å². The van der Waals surface area contributed by atoms with E-state index in [1.807, 2.05) is 0 Å². The molecule has 0 bridgehead atoms. The van der Waals surface area contributed by atoms with Crippen molar-refractivity contribution in [3.8, 4) is 5.75 Å². The van der Waals surface area contributed by atoms with Gasteiger partial charge in [-0.15, -0.1) is 0 Å². The maximum absolute atomic E-state index is 13.5. The van der Waals surface area contributed by atoms with Crippen LogP contribution >= 0.6 is 27.5 Å². The Morgan fingerprint density at radius 1 is 1.21 bits per heavy atom. The Kier molecular flexibility index (Phi) is 4.39. The lowest BCUT2D eigenvalue weighted by Crippen LogP contribution is -2.40. The third-order valence-electron chi connectivity index (χ3n) is 5.73. The fourth-order valence-electron chi connectivity index (χ4n) is 4.38. The summed E-state index contributed by atoms with van der Waals surface area (Å²) in [5.41, 5.74) is -2.02. The van der Waals surface area contributed by atoms with E-state index in [0.717, 1.165) is 4.47 Å². The number of esters is 2. The van der Waals surface area contributed by atoms with Crippen LogP contribution in [0.3, 0.4) is 0 Å². The number of halogens is 2. The van der Waals surface area contributed by atoms with E-state index >= 15 is 0 Å². The Hall–Kier alpha value is -2.18. The first-order valence-electron chi connectivity index (χ1n) is 8.77. The summed E-state index contributed by atoms with van der Waals surface area (Å²) in [6, 6.07) is 11.6. The highest BCUT2D eigenvalue weighted by Gasteiger charge is 2.89. The van der Waals surface area contributed by atoms with Gasteiger partial charge in [0.1, 0.15) is 5.75 Å². The average Bonchev–Trinajstić information content (AvgIpc) is 3.26. The standard InChI is InChI=1S/C21H16BrClO5/c1-3-27-18(25)21-16(14-10-12(22)6-9-15(14)28-19(21)26)20(21,2)17(24)11-4-7-13(23)8-5-11/h4-10,16H,3H2,1-2H3/t16-,20+,21+/m1/s1. The molecule has 4 rings (SSSR count). The molecule has 1 fully saturated rings. The fraction of sp³-hybridized carbons (Fsp3) is 0.286. The second-order valence-corrected chi connectivity index (χ2v) is 8.42. The summed E-state index contributed by atoms with van der Waals surface area (Å²) < 4.78 is 11.5. The zero-order chi connectivity index (χ0) is 20.3. The Balaban J connectivity index is 1.90. The lowest BCUT2D eigenvalue weighted by Gasteiger charge is -2.22. The predicted octanol–water partition coefficient (Wildman–Crippen LogP) is 4.56. The minimum absolute atomic E-state index is 0.0944. The first-order valence-corrected chi connectivity index (χ1v) is 9.94. The lowest BCUT2D eigenvalue weighted by atomic mass is 9.87. The number of benzene rings is 2. The van der Waals surface area contributed by atoms with Gasteiger partial charge >= 0.3 is 11.9 Å². The number of ketones is 1. The molecular formula is C21H16BrClO5. The number of Topliss-reactive ketones (excluding diaryl/α,β-unsaturated/α-hetero) is 1. The van der Waals surface area contributed by atoms with E-state index < -0.39 is 28.7 Å². The van der Waals surface area contributed by atoms with Crippen LogP contribution in [-0.4, -0.2) is 24.3 Å². The van der Waals surface area contributed by atoms with Crippen LogP contribution in [0.5, 0.6) is 5.75 Å². The van der Waals surface area contributed by atoms with E-state index in [1.165, 1.54) is 0 Å². The van der Waals surface area contributed by atoms with Crippen LogP contribution in [0.15, 0.2) is 46.9 Å². The van der Waals surface area contributed by atoms with Crippen LogP contribution in [0, 0.1) is 10.8 Å². The molecule has 1 heterocycles. The van der Waals surface area contributed by atoms with E-state index in [-0.39, 0.29) is 12.4 Å². The number of rotatable bonds is 4. The van der Waals surface area contributed by atoms with E-state index in [9.17, 15) is 14.4 Å². The number of fused-ring (bicyclic) bond motifs is 3. The van der Waals surface area contributed by atoms with Gasteiger partial charge in [-0.3, -0.25) is 14.4 Å². The second kappa shape index (κ2) is 6.42. The normalized spacial score (nSPS) is 27.3. The Morgan fingerprint density at radius 2 is 1.89 bits per heavy atom. The number of carbonyl (C=O) groups excluding carboxylic acids is 3. The number of hydrogen-bond acceptors (Lipinski definition) is 5. The van der Waals surface area contributed by atoms with E-state index in [2.05, 4.69) is 15.9 Å². The topological polar surface area (TPSA) is 69.7 Å². The Bertz CT molecular complexity index is 1020. The molecule has 1 aliphatic heterocycles. The van der Waals surface area contributed by atoms with Crippen molar-refractivity contribution in [3.63, 3.8) is 0 Å². The minimum atomic E-state index is -1.70. The first-order chi connectivity index (χ1) is 13.3. The summed E-state index contributed by atoms with van der Waals surface area (Å²) in [4.78, 5) is 39.5. The van der Waals surface area contributed by atoms with Gasteiger partial charge in [0.15, 0.2) is 11.2 Å². The van der Waals surface area contributed by atoms with Crippen LogP contribution in [0.1, 0.15) is 35.7 Å². The number of hydrogen-bond donors (Lipinski definition) is 0. The third-order valence-corrected chi connectivity index (χ3v) is 6.47. The SMILES string of the molecule is CCOC(=O)[C@]12C(=O)Oc3ccc(Br)cc3[C@@H]1[C@@]2(C)C(=O)c1ccc(Cl)cc1. The summed E-state index contributed by atoms with van der Waals surface area (Å²) >= 11 is 9.34. The van der Waals surface area contributed by atoms with Crippen LogP contribution in [-0.2, 0) is 14.3 Å². The first kappa shape index (κ1) is 19.2. The lowest BCUT2D eigenvalue weighted by molar-refractivity contribution is -0.162. The van der Waals surface area contributed by atoms with Crippen LogP contribution in [0.25, 0.3) is 0 Å². The minimum Gasteiger partial charge on any atom is -0.465 e. The van der Waals surface area contributed by atoms with Gasteiger partial charge in [0, 0.05) is 26.5 Å². The summed E-state index contributed by atoms with van der Waals surface area (Å²) in [7, 11) is 0. The molecule has 0 spiro atoms. The van der Waals surface area contributed by atoms with Gasteiger partial charge in [0.05, 0.1) is 12.0 Å². The quantitative estimate of drug-likeness (QED) is 0.288. The number of carbonyl (C=O) groups is 3. The molecule has 5 nitrogen and oxygen atoms in total. The average molecular weight is 464 g/mol. The maximum Gasteiger partial charge on any atom is 0.330 e. The predicted molar refractivity (Wildman–Crippen MR) is 105 cm³/mol. The molecule has 0 unspecified atom stereocenters. The summed E-state index contributed by atoms with van der Waals surface area (Å²) in [6.45, 7) is 3.38. The monoisotopic (exact) mass is 462 g/mol. The van der Waals surface area contributed by atoms with Crippen LogP contribution in [0.4, 0.5) is 0 Å². The molecule has 1 aliphatic carbocycles. The van der Waals surface area contributed by atoms with Gasteiger partial charge in [-0.1, -0.05) is 27.5 Å². The molecule has 2 aliphatic rings. The summed E-state index contributed by atoms with van der Waals surface area (Å²) in [5, 5.41) is 0.490. The largest absolute Gasteiger partial charge is 0.465 e. The molecule has 7 heteroatoms. The zero-order valence-electron chi connectivity index (χ0n) is 15.1. The van der Waals surface area contributed by atoms with Crippen molar-refractivity contribution in [3.05, 3.63) is 63.1 Å². The van der Waals surface area contributed by atoms with Crippen LogP contribution in [0.2, 0.25) is 5.02 Å². The number of ether oxygens (including phenoxy) is 2. The van der Waals surface area contributed by atoms with Crippen molar-refractivity contribution in [1.82, 2.24) is 0 Å². The molecular weight excluding hydrogens is 448 g/mol. The molecule has 0 N–H and O–H groups in total. The highest BCUT2D eigenvalue weighted by atomic mass is 79.9. The van der Waals surface area contributed by atoms with Crippen LogP contribution < -0.4 is 4.74 Å². The molecule has 2 aromatic carbocycles. The Labute approximate surface area is 175 Å². The molecule has 1 saturated carbocycles. The third kappa shape index (κ3) is 2.34. The molecule has 0 saturated heterocycles. The summed E-state index contributed by atoms with van der Waals surface area (Å²) in [6.07, 6.45) is 0. The van der Waals surface area contributed by atoms with Gasteiger partial charge < -0.3 is 9.47 Å². The van der Waals surface area contributed by atoms with E-state index in [1.54, 1.807) is 56.3 Å². The molecule has 0 amide bonds. The highest BCUT2D eigenvalue weighted by Crippen LogP contribution is 2.78. The zero-order valence-corrected chi connectivity index (χ0v) is 17.5. The van der Waals surface area contributed by atoms with Gasteiger partial charge in [-0.05, 0) is 56.3 Å². The fourth-order valence-corrected chi connectivity index (χ4v) is 4.89. The second-order valence-electron chi connectivity index (χ2n) is 7.07. The smallest absolute Gasteiger partial charge is 0.330 e. The van der Waals surface area contributed by atoms with Crippen molar-refractivity contribution < 1.29 is 23.9 Å². The van der Waals surface area contributed by atoms with Gasteiger partial charge in [0.2, 0.25) is 0 Å².